The molecule has 0 saturated heterocycles. The van der Waals surface area contributed by atoms with E-state index in [2.05, 4.69) is 82.3 Å². The first-order chi connectivity index (χ1) is 13.1. The van der Waals surface area contributed by atoms with Crippen molar-refractivity contribution in [1.82, 2.24) is 0 Å². The van der Waals surface area contributed by atoms with Crippen LogP contribution in [0.15, 0.2) is 54.1 Å². The summed E-state index contributed by atoms with van der Waals surface area (Å²) in [7, 11) is -1.53. The monoisotopic (exact) mass is 380 g/mol. The number of benzene rings is 1. The first-order valence-corrected chi connectivity index (χ1v) is 13.4. The lowest BCUT2D eigenvalue weighted by molar-refractivity contribution is 0.195. The Kier molecular flexibility index (Phi) is 6.59. The number of fused-ring (bicyclic) bond motifs is 1. The molecule has 0 heterocycles. The van der Waals surface area contributed by atoms with Gasteiger partial charge in [-0.2, -0.15) is 0 Å². The summed E-state index contributed by atoms with van der Waals surface area (Å²) >= 11 is 0. The standard InChI is InChI=1S/C25H36OSi/c1-5-25(22-14-10-11-15-22,19-20-26-27(6-2,7-3)8-4)24-18-17-21-13-9-12-16-23(21)24/h9-14,16-18,24H,5-8,15,19-20H2,1-4H3. The Morgan fingerprint density at radius 3 is 2.44 bits per heavy atom. The van der Waals surface area contributed by atoms with E-state index < -0.39 is 8.32 Å². The van der Waals surface area contributed by atoms with Crippen LogP contribution in [0.4, 0.5) is 0 Å². The van der Waals surface area contributed by atoms with Gasteiger partial charge in [-0.1, -0.05) is 87.9 Å². The molecule has 1 nitrogen and oxygen atoms in total. The van der Waals surface area contributed by atoms with Gasteiger partial charge in [0.05, 0.1) is 0 Å². The van der Waals surface area contributed by atoms with Crippen molar-refractivity contribution in [3.05, 3.63) is 65.3 Å². The van der Waals surface area contributed by atoms with E-state index in [-0.39, 0.29) is 5.41 Å². The molecule has 0 bridgehead atoms. The second-order valence-electron chi connectivity index (χ2n) is 8.14. The topological polar surface area (TPSA) is 9.23 Å². The predicted molar refractivity (Wildman–Crippen MR) is 121 cm³/mol. The average Bonchev–Trinajstić information content (AvgIpc) is 3.40. The van der Waals surface area contributed by atoms with Crippen LogP contribution in [0.5, 0.6) is 0 Å². The van der Waals surface area contributed by atoms with E-state index in [4.69, 9.17) is 4.43 Å². The zero-order chi connectivity index (χ0) is 19.3. The molecule has 1 aromatic carbocycles. The minimum Gasteiger partial charge on any atom is -0.417 e. The molecule has 0 aromatic heterocycles. The van der Waals surface area contributed by atoms with Crippen molar-refractivity contribution in [2.75, 3.05) is 6.61 Å². The smallest absolute Gasteiger partial charge is 0.191 e. The fraction of sp³-hybridized carbons (Fsp3) is 0.520. The Balaban J connectivity index is 1.87. The van der Waals surface area contributed by atoms with Crippen LogP contribution in [-0.2, 0) is 4.43 Å². The number of rotatable bonds is 10. The SMILES string of the molecule is CCC(CCO[Si](CC)(CC)CC)(C1=CC=CC1)C1C=Cc2ccccc21. The third-order valence-corrected chi connectivity index (χ3v) is 12.0. The molecule has 0 aliphatic heterocycles. The van der Waals surface area contributed by atoms with E-state index in [1.807, 2.05) is 0 Å². The first kappa shape index (κ1) is 20.4. The number of hydrogen-bond acceptors (Lipinski definition) is 1. The van der Waals surface area contributed by atoms with Crippen molar-refractivity contribution in [3.63, 3.8) is 0 Å². The van der Waals surface area contributed by atoms with Crippen LogP contribution >= 0.6 is 0 Å². The van der Waals surface area contributed by atoms with Gasteiger partial charge in [0, 0.05) is 17.9 Å². The van der Waals surface area contributed by atoms with Gasteiger partial charge in [-0.05, 0) is 48.5 Å². The molecule has 146 valence electrons. The van der Waals surface area contributed by atoms with Crippen LogP contribution in [0.3, 0.4) is 0 Å². The van der Waals surface area contributed by atoms with Crippen molar-refractivity contribution in [3.8, 4) is 0 Å². The Morgan fingerprint density at radius 2 is 1.81 bits per heavy atom. The van der Waals surface area contributed by atoms with Crippen LogP contribution in [0.25, 0.3) is 6.08 Å². The van der Waals surface area contributed by atoms with Crippen LogP contribution in [0, 0.1) is 5.41 Å². The molecule has 3 rings (SSSR count). The van der Waals surface area contributed by atoms with Gasteiger partial charge in [0.15, 0.2) is 8.32 Å². The molecule has 2 aliphatic rings. The third kappa shape index (κ3) is 3.79. The highest BCUT2D eigenvalue weighted by Gasteiger charge is 2.42. The Bertz CT molecular complexity index is 717. The predicted octanol–water partition coefficient (Wildman–Crippen LogP) is 7.49. The number of hydrogen-bond donors (Lipinski definition) is 0. The molecular formula is C25H36OSi. The summed E-state index contributed by atoms with van der Waals surface area (Å²) in [6.07, 6.45) is 15.1. The molecule has 0 radical (unpaired) electrons. The second-order valence-corrected chi connectivity index (χ2v) is 12.9. The van der Waals surface area contributed by atoms with Gasteiger partial charge in [-0.3, -0.25) is 0 Å². The highest BCUT2D eigenvalue weighted by atomic mass is 28.4. The first-order valence-electron chi connectivity index (χ1n) is 10.9. The maximum absolute atomic E-state index is 6.71. The molecule has 1 aromatic rings. The minimum atomic E-state index is -1.53. The van der Waals surface area contributed by atoms with Crippen molar-refractivity contribution >= 4 is 14.4 Å². The zero-order valence-electron chi connectivity index (χ0n) is 17.6. The van der Waals surface area contributed by atoms with Gasteiger partial charge in [0.2, 0.25) is 0 Å². The molecule has 0 saturated carbocycles. The van der Waals surface area contributed by atoms with Gasteiger partial charge < -0.3 is 4.43 Å². The van der Waals surface area contributed by atoms with Gasteiger partial charge in [-0.15, -0.1) is 0 Å². The maximum atomic E-state index is 6.71. The lowest BCUT2D eigenvalue weighted by Crippen LogP contribution is -2.38. The third-order valence-electron chi connectivity index (χ3n) is 7.33. The van der Waals surface area contributed by atoms with Gasteiger partial charge in [0.1, 0.15) is 0 Å². The highest BCUT2D eigenvalue weighted by molar-refractivity contribution is 6.73. The van der Waals surface area contributed by atoms with E-state index in [0.717, 1.165) is 25.9 Å². The molecule has 0 N–H and O–H groups in total. The summed E-state index contributed by atoms with van der Waals surface area (Å²) in [5.41, 5.74) is 4.66. The van der Waals surface area contributed by atoms with Crippen LogP contribution in [0.1, 0.15) is 64.0 Å². The molecular weight excluding hydrogens is 344 g/mol. The van der Waals surface area contributed by atoms with E-state index >= 15 is 0 Å². The van der Waals surface area contributed by atoms with Crippen molar-refractivity contribution in [1.29, 1.82) is 0 Å². The van der Waals surface area contributed by atoms with E-state index in [9.17, 15) is 0 Å². The summed E-state index contributed by atoms with van der Waals surface area (Å²) < 4.78 is 6.71. The van der Waals surface area contributed by atoms with Gasteiger partial charge >= 0.3 is 0 Å². The van der Waals surface area contributed by atoms with E-state index in [0.29, 0.717) is 5.92 Å². The molecule has 0 spiro atoms. The van der Waals surface area contributed by atoms with E-state index in [1.165, 1.54) is 29.3 Å². The number of allylic oxidation sites excluding steroid dienone is 5. The second kappa shape index (κ2) is 8.75. The van der Waals surface area contributed by atoms with Crippen molar-refractivity contribution in [2.24, 2.45) is 5.41 Å². The van der Waals surface area contributed by atoms with Crippen LogP contribution in [0.2, 0.25) is 18.1 Å². The summed E-state index contributed by atoms with van der Waals surface area (Å²) in [4.78, 5) is 0. The Morgan fingerprint density at radius 1 is 1.07 bits per heavy atom. The fourth-order valence-electron chi connectivity index (χ4n) is 5.19. The summed E-state index contributed by atoms with van der Waals surface area (Å²) in [6.45, 7) is 10.3. The zero-order valence-corrected chi connectivity index (χ0v) is 18.6. The summed E-state index contributed by atoms with van der Waals surface area (Å²) in [5, 5.41) is 0. The average molecular weight is 381 g/mol. The minimum absolute atomic E-state index is 0.169. The van der Waals surface area contributed by atoms with Crippen molar-refractivity contribution in [2.45, 2.75) is 71.0 Å². The quantitative estimate of drug-likeness (QED) is 0.382. The largest absolute Gasteiger partial charge is 0.417 e. The normalized spacial score (nSPS) is 20.6. The molecule has 2 heteroatoms. The summed E-state index contributed by atoms with van der Waals surface area (Å²) in [6, 6.07) is 12.6. The molecule has 0 amide bonds. The van der Waals surface area contributed by atoms with Crippen molar-refractivity contribution < 1.29 is 4.43 Å². The fourth-order valence-corrected chi connectivity index (χ4v) is 7.84. The molecule has 0 fully saturated rings. The molecule has 2 aliphatic carbocycles. The van der Waals surface area contributed by atoms with Gasteiger partial charge in [0.25, 0.3) is 0 Å². The lowest BCUT2D eigenvalue weighted by Gasteiger charge is -2.41. The highest BCUT2D eigenvalue weighted by Crippen LogP contribution is 2.53. The summed E-state index contributed by atoms with van der Waals surface area (Å²) in [5.74, 6) is 0.467. The molecule has 2 unspecified atom stereocenters. The van der Waals surface area contributed by atoms with E-state index in [1.54, 1.807) is 5.57 Å². The van der Waals surface area contributed by atoms with Crippen LogP contribution < -0.4 is 0 Å². The maximum Gasteiger partial charge on any atom is 0.191 e. The molecule has 27 heavy (non-hydrogen) atoms. The molecule has 2 atom stereocenters. The van der Waals surface area contributed by atoms with Crippen LogP contribution in [-0.4, -0.2) is 14.9 Å². The van der Waals surface area contributed by atoms with Gasteiger partial charge in [-0.25, -0.2) is 0 Å². The lowest BCUT2D eigenvalue weighted by atomic mass is 9.64. The Labute approximate surface area is 167 Å². The Hall–Kier alpha value is -1.38.